The third-order valence-electron chi connectivity index (χ3n) is 7.03. The van der Waals surface area contributed by atoms with Crippen molar-refractivity contribution in [3.05, 3.63) is 0 Å². The van der Waals surface area contributed by atoms with Crippen LogP contribution in [0.4, 0.5) is 0 Å². The van der Waals surface area contributed by atoms with Crippen molar-refractivity contribution in [2.75, 3.05) is 13.2 Å². The largest absolute Gasteiger partial charge is 0.394 e. The van der Waals surface area contributed by atoms with Crippen LogP contribution < -0.4 is 28.3 Å². The second-order valence-corrected chi connectivity index (χ2v) is 9.69. The van der Waals surface area contributed by atoms with Crippen LogP contribution in [0.3, 0.4) is 0 Å². The minimum atomic E-state index is -1.93. The first-order valence-corrected chi connectivity index (χ1v) is 12.1. The van der Waals surface area contributed by atoms with Gasteiger partial charge in [-0.1, -0.05) is 0 Å². The van der Waals surface area contributed by atoms with E-state index in [1.165, 1.54) is 0 Å². The van der Waals surface area contributed by atoms with Gasteiger partial charge >= 0.3 is 0 Å². The molecule has 0 bridgehead atoms. The van der Waals surface area contributed by atoms with Crippen LogP contribution in [0.25, 0.3) is 0 Å². The number of carbonyl (C=O) groups is 1. The molecule has 0 radical (unpaired) electrons. The van der Waals surface area contributed by atoms with Crippen molar-refractivity contribution in [2.45, 2.75) is 104 Å². The Balaban J connectivity index is 1.84. The van der Waals surface area contributed by atoms with Crippen LogP contribution in [0.15, 0.2) is 0 Å². The molecule has 0 aromatic rings. The van der Waals surface area contributed by atoms with Gasteiger partial charge in [0.2, 0.25) is 0 Å². The van der Waals surface area contributed by atoms with Crippen molar-refractivity contribution < 1.29 is 64.6 Å². The lowest BCUT2D eigenvalue weighted by Crippen LogP contribution is -2.69. The van der Waals surface area contributed by atoms with Gasteiger partial charge in [0.25, 0.3) is 5.91 Å². The lowest BCUT2D eigenvalue weighted by molar-refractivity contribution is -0.332. The molecule has 3 fully saturated rings. The Morgan fingerprint density at radius 3 is 2.03 bits per heavy atom. The second kappa shape index (κ2) is 13.0. The zero-order valence-electron chi connectivity index (χ0n) is 20.3. The molecule has 10 unspecified atom stereocenters. The molecule has 38 heavy (non-hydrogen) atoms. The first kappa shape index (κ1) is 31.4. The summed E-state index contributed by atoms with van der Waals surface area (Å²) in [5.41, 5.74) is 22.7. The molecule has 0 aromatic heterocycles. The van der Waals surface area contributed by atoms with Crippen LogP contribution >= 0.6 is 0 Å². The standard InChI is InChI=1S/C20H39N5O13/c21-2-6-10(28)12(30)13(31)20(35-6)37-15-4(22)1-5(25-18(34)17(24)33)16(14(15)32)38-19-11(29)8(23)9(27)7(3-26)36-19/h4-17,19-20,26-33H,1-3,21-24H2,(H,25,34)/t4-,5+,6+,7?,8-,9?,10?,11?,12?,13?,14?,15?,16?,17+,19+,20?/m0/s1. The molecule has 16 atom stereocenters. The van der Waals surface area contributed by atoms with Gasteiger partial charge in [0, 0.05) is 12.6 Å². The molecule has 3 aliphatic rings. The van der Waals surface area contributed by atoms with Crippen molar-refractivity contribution >= 4 is 5.91 Å². The van der Waals surface area contributed by atoms with E-state index in [2.05, 4.69) is 5.32 Å². The molecule has 0 aromatic carbocycles. The summed E-state index contributed by atoms with van der Waals surface area (Å²) in [6, 6.07) is -3.52. The minimum Gasteiger partial charge on any atom is -0.394 e. The van der Waals surface area contributed by atoms with Gasteiger partial charge in [0.05, 0.1) is 18.7 Å². The molecular weight excluding hydrogens is 518 g/mol. The number of nitrogens with two attached hydrogens (primary N) is 4. The number of ether oxygens (including phenoxy) is 4. The van der Waals surface area contributed by atoms with Crippen molar-refractivity contribution in [2.24, 2.45) is 22.9 Å². The summed E-state index contributed by atoms with van der Waals surface area (Å²) in [5, 5.41) is 83.6. The van der Waals surface area contributed by atoms with Crippen molar-refractivity contribution in [3.63, 3.8) is 0 Å². The Morgan fingerprint density at radius 2 is 1.45 bits per heavy atom. The summed E-state index contributed by atoms with van der Waals surface area (Å²) < 4.78 is 22.3. The van der Waals surface area contributed by atoms with Crippen molar-refractivity contribution in [1.82, 2.24) is 5.32 Å². The van der Waals surface area contributed by atoms with Crippen LogP contribution in [0, 0.1) is 0 Å². The molecular formula is C20H39N5O13. The van der Waals surface area contributed by atoms with E-state index in [-0.39, 0.29) is 13.0 Å². The molecule has 222 valence electrons. The number of aliphatic hydroxyl groups excluding tert-OH is 8. The molecule has 2 heterocycles. The van der Waals surface area contributed by atoms with E-state index in [0.717, 1.165) is 0 Å². The lowest BCUT2D eigenvalue weighted by Gasteiger charge is -2.48. The van der Waals surface area contributed by atoms with Crippen LogP contribution in [-0.2, 0) is 23.7 Å². The lowest BCUT2D eigenvalue weighted by atomic mass is 9.83. The molecule has 18 nitrogen and oxygen atoms in total. The van der Waals surface area contributed by atoms with Gasteiger partial charge in [-0.3, -0.25) is 10.5 Å². The maximum atomic E-state index is 12.1. The zero-order chi connectivity index (χ0) is 28.5. The number of nitrogens with one attached hydrogen (secondary N) is 1. The summed E-state index contributed by atoms with van der Waals surface area (Å²) in [6.07, 6.45) is -20.3. The fourth-order valence-corrected chi connectivity index (χ4v) is 4.77. The fourth-order valence-electron chi connectivity index (χ4n) is 4.77. The number of amides is 1. The normalized spacial score (nSPS) is 48.9. The Morgan fingerprint density at radius 1 is 0.868 bits per heavy atom. The highest BCUT2D eigenvalue weighted by molar-refractivity contribution is 5.80. The monoisotopic (exact) mass is 557 g/mol. The molecule has 18 heteroatoms. The Bertz CT molecular complexity index is 782. The predicted molar refractivity (Wildman–Crippen MR) is 122 cm³/mol. The van der Waals surface area contributed by atoms with E-state index in [0.29, 0.717) is 0 Å². The predicted octanol–water partition coefficient (Wildman–Crippen LogP) is -8.86. The highest BCUT2D eigenvalue weighted by atomic mass is 16.7. The van der Waals surface area contributed by atoms with Gasteiger partial charge in [-0.15, -0.1) is 0 Å². The first-order chi connectivity index (χ1) is 17.8. The van der Waals surface area contributed by atoms with Gasteiger partial charge in [-0.05, 0) is 6.42 Å². The van der Waals surface area contributed by atoms with Gasteiger partial charge in [-0.25, -0.2) is 0 Å². The maximum absolute atomic E-state index is 12.1. The highest BCUT2D eigenvalue weighted by Gasteiger charge is 2.52. The average Bonchev–Trinajstić information content (AvgIpc) is 2.88. The minimum absolute atomic E-state index is 0.167. The fraction of sp³-hybridized carbons (Fsp3) is 0.950. The molecule has 2 aliphatic heterocycles. The molecule has 1 amide bonds. The van der Waals surface area contributed by atoms with Crippen LogP contribution in [-0.4, -0.2) is 158 Å². The quantitative estimate of drug-likeness (QED) is 0.123. The van der Waals surface area contributed by atoms with Crippen molar-refractivity contribution in [1.29, 1.82) is 0 Å². The first-order valence-electron chi connectivity index (χ1n) is 12.1. The summed E-state index contributed by atoms with van der Waals surface area (Å²) >= 11 is 0. The van der Waals surface area contributed by atoms with E-state index in [9.17, 15) is 45.6 Å². The van der Waals surface area contributed by atoms with Crippen LogP contribution in [0.2, 0.25) is 0 Å². The molecule has 1 aliphatic carbocycles. The highest BCUT2D eigenvalue weighted by Crippen LogP contribution is 2.32. The number of hydrogen-bond donors (Lipinski definition) is 13. The summed E-state index contributed by atoms with van der Waals surface area (Å²) in [5.74, 6) is -1.04. The number of aliphatic hydroxyl groups is 8. The third kappa shape index (κ3) is 6.41. The van der Waals surface area contributed by atoms with Crippen molar-refractivity contribution in [3.8, 4) is 0 Å². The number of carbonyl (C=O) groups excluding carboxylic acids is 1. The van der Waals surface area contributed by atoms with E-state index in [1.54, 1.807) is 0 Å². The van der Waals surface area contributed by atoms with Gasteiger partial charge in [0.1, 0.15) is 61.0 Å². The van der Waals surface area contributed by atoms with E-state index in [1.807, 2.05) is 0 Å². The van der Waals surface area contributed by atoms with E-state index >= 15 is 0 Å². The Kier molecular flexibility index (Phi) is 10.7. The third-order valence-corrected chi connectivity index (χ3v) is 7.03. The smallest absolute Gasteiger partial charge is 0.264 e. The molecule has 17 N–H and O–H groups in total. The van der Waals surface area contributed by atoms with E-state index < -0.39 is 110 Å². The second-order valence-electron chi connectivity index (χ2n) is 9.69. The SMILES string of the molecule is NC[C@H]1OC(OC2C(O)C(O[C@H]3OC(CO)C(O)[C@H](N)C3O)[C@H](NC(=O)[C@H](N)O)C[C@@H]2N)C(O)C(O)C1O. The maximum Gasteiger partial charge on any atom is 0.264 e. The van der Waals surface area contributed by atoms with E-state index in [4.69, 9.17) is 41.9 Å². The molecule has 1 saturated carbocycles. The molecule has 2 saturated heterocycles. The number of rotatable bonds is 8. The summed E-state index contributed by atoms with van der Waals surface area (Å²) in [7, 11) is 0. The zero-order valence-corrected chi connectivity index (χ0v) is 20.3. The van der Waals surface area contributed by atoms with Gasteiger partial charge in [-0.2, -0.15) is 0 Å². The number of hydrogen-bond acceptors (Lipinski definition) is 17. The molecule has 3 rings (SSSR count). The molecule has 0 spiro atoms. The Hall–Kier alpha value is -1.17. The topological polar surface area (TPSA) is 332 Å². The average molecular weight is 558 g/mol. The van der Waals surface area contributed by atoms with Gasteiger partial charge in [0.15, 0.2) is 18.8 Å². The summed E-state index contributed by atoms with van der Waals surface area (Å²) in [4.78, 5) is 12.1. The van der Waals surface area contributed by atoms with Gasteiger partial charge < -0.3 is 82.3 Å². The van der Waals surface area contributed by atoms with Crippen LogP contribution in [0.5, 0.6) is 0 Å². The Labute approximate surface area is 217 Å². The van der Waals surface area contributed by atoms with Crippen LogP contribution in [0.1, 0.15) is 6.42 Å². The summed E-state index contributed by atoms with van der Waals surface area (Å²) in [6.45, 7) is -0.918.